The summed E-state index contributed by atoms with van der Waals surface area (Å²) in [5, 5.41) is 0. The third-order valence-corrected chi connectivity index (χ3v) is 6.30. The number of nitrogens with zero attached hydrogens (tertiary/aromatic N) is 7. The van der Waals surface area contributed by atoms with Crippen LogP contribution in [0.2, 0.25) is 0 Å². The van der Waals surface area contributed by atoms with Crippen LogP contribution in [0.4, 0.5) is 26.1 Å². The molecule has 2 aromatic heterocycles. The first-order valence-electron chi connectivity index (χ1n) is 11.6. The van der Waals surface area contributed by atoms with Gasteiger partial charge >= 0.3 is 0 Å². The van der Waals surface area contributed by atoms with Gasteiger partial charge in [0.1, 0.15) is 22.9 Å². The third-order valence-electron chi connectivity index (χ3n) is 6.30. The molecule has 2 N–H and O–H groups in total. The van der Waals surface area contributed by atoms with E-state index in [-0.39, 0.29) is 11.7 Å². The maximum absolute atomic E-state index is 14.1. The van der Waals surface area contributed by atoms with Gasteiger partial charge in [-0.1, -0.05) is 6.07 Å². The number of morpholine rings is 1. The van der Waals surface area contributed by atoms with Gasteiger partial charge in [-0.05, 0) is 19.1 Å². The lowest BCUT2D eigenvalue weighted by atomic mass is 10.2. The second kappa shape index (κ2) is 9.70. The lowest BCUT2D eigenvalue weighted by molar-refractivity contribution is -0.118. The van der Waals surface area contributed by atoms with Crippen LogP contribution in [0, 0.1) is 0 Å². The van der Waals surface area contributed by atoms with Gasteiger partial charge < -0.3 is 20.3 Å². The molecule has 12 heteroatoms. The standard InChI is InChI=1S/C23H28F2N8O2/c1-15(34)14-30-5-7-31(8-6-30)18-13-19(32-9-11-35-12-10-32)28-23(27-18)33-17-4-2-3-16(26)20(17)29-22(33)21(24)25/h2-4,13,21H,5-12,14,26H2,1H3. The van der Waals surface area contributed by atoms with Crippen LogP contribution in [0.1, 0.15) is 19.2 Å². The zero-order valence-corrected chi connectivity index (χ0v) is 19.5. The Balaban J connectivity index is 1.58. The SMILES string of the molecule is CC(=O)CN1CCN(c2cc(N3CCOCC3)nc(-n3c(C(F)F)nc4c(N)cccc43)n2)CC1. The highest BCUT2D eigenvalue weighted by atomic mass is 19.3. The number of halogens is 2. The Morgan fingerprint density at radius 3 is 2.31 bits per heavy atom. The molecule has 0 bridgehead atoms. The first kappa shape index (κ1) is 23.4. The molecule has 2 aliphatic heterocycles. The van der Waals surface area contributed by atoms with Gasteiger partial charge in [-0.3, -0.25) is 14.3 Å². The molecule has 2 saturated heterocycles. The Labute approximate surface area is 201 Å². The van der Waals surface area contributed by atoms with Gasteiger partial charge in [0.2, 0.25) is 5.95 Å². The van der Waals surface area contributed by atoms with Crippen molar-refractivity contribution in [1.82, 2.24) is 24.4 Å². The molecule has 35 heavy (non-hydrogen) atoms. The molecule has 0 atom stereocenters. The number of hydrogen-bond acceptors (Lipinski definition) is 9. The number of hydrogen-bond donors (Lipinski definition) is 1. The molecule has 2 aliphatic rings. The van der Waals surface area contributed by atoms with Crippen LogP contribution in [-0.4, -0.2) is 89.2 Å². The second-order valence-electron chi connectivity index (χ2n) is 8.77. The molecule has 186 valence electrons. The maximum Gasteiger partial charge on any atom is 0.296 e. The van der Waals surface area contributed by atoms with E-state index in [1.165, 1.54) is 4.57 Å². The summed E-state index contributed by atoms with van der Waals surface area (Å²) >= 11 is 0. The van der Waals surface area contributed by atoms with Crippen LogP contribution >= 0.6 is 0 Å². The average Bonchev–Trinajstić information content (AvgIpc) is 3.26. The fourth-order valence-electron chi connectivity index (χ4n) is 4.57. The number of anilines is 3. The number of Topliss-reactive ketones (excluding diaryl/α,β-unsaturated/α-hetero) is 1. The van der Waals surface area contributed by atoms with Crippen molar-refractivity contribution in [2.24, 2.45) is 0 Å². The largest absolute Gasteiger partial charge is 0.397 e. The van der Waals surface area contributed by atoms with E-state index in [4.69, 9.17) is 20.4 Å². The van der Waals surface area contributed by atoms with Crippen LogP contribution in [0.15, 0.2) is 24.3 Å². The number of aromatic nitrogens is 4. The lowest BCUT2D eigenvalue weighted by Gasteiger charge is -2.35. The van der Waals surface area contributed by atoms with Gasteiger partial charge in [-0.2, -0.15) is 9.97 Å². The summed E-state index contributed by atoms with van der Waals surface area (Å²) in [6.07, 6.45) is -2.84. The molecule has 0 unspecified atom stereocenters. The van der Waals surface area contributed by atoms with Crippen molar-refractivity contribution in [1.29, 1.82) is 0 Å². The van der Waals surface area contributed by atoms with Crippen molar-refractivity contribution in [3.05, 3.63) is 30.1 Å². The summed E-state index contributed by atoms with van der Waals surface area (Å²) < 4.78 is 35.0. The minimum absolute atomic E-state index is 0.124. The number of carbonyl (C=O) groups excluding carboxylic acids is 1. The number of imidazole rings is 1. The number of alkyl halides is 2. The van der Waals surface area contributed by atoms with Crippen LogP contribution < -0.4 is 15.5 Å². The van der Waals surface area contributed by atoms with Gasteiger partial charge in [0.15, 0.2) is 5.82 Å². The molecule has 3 aromatic rings. The lowest BCUT2D eigenvalue weighted by Crippen LogP contribution is -2.48. The van der Waals surface area contributed by atoms with E-state index in [1.54, 1.807) is 25.1 Å². The Morgan fingerprint density at radius 2 is 1.69 bits per heavy atom. The van der Waals surface area contributed by atoms with E-state index in [0.717, 1.165) is 0 Å². The highest BCUT2D eigenvalue weighted by molar-refractivity contribution is 5.88. The first-order valence-corrected chi connectivity index (χ1v) is 11.6. The Morgan fingerprint density at radius 1 is 1.03 bits per heavy atom. The van der Waals surface area contributed by atoms with E-state index in [2.05, 4.69) is 19.7 Å². The predicted octanol–water partition coefficient (Wildman–Crippen LogP) is 1.88. The van der Waals surface area contributed by atoms with E-state index in [1.807, 2.05) is 6.07 Å². The van der Waals surface area contributed by atoms with Crippen molar-refractivity contribution in [3.8, 4) is 5.95 Å². The molecule has 1 aromatic carbocycles. The molecule has 0 amide bonds. The number of ether oxygens (including phenoxy) is 1. The average molecular weight is 487 g/mol. The van der Waals surface area contributed by atoms with Crippen molar-refractivity contribution in [3.63, 3.8) is 0 Å². The second-order valence-corrected chi connectivity index (χ2v) is 8.77. The first-order chi connectivity index (χ1) is 16.9. The molecule has 2 fully saturated rings. The third kappa shape index (κ3) is 4.76. The number of para-hydroxylation sites is 1. The van der Waals surface area contributed by atoms with Crippen LogP contribution in [0.5, 0.6) is 0 Å². The van der Waals surface area contributed by atoms with Gasteiger partial charge in [0.05, 0.1) is 31.0 Å². The number of carbonyl (C=O) groups is 1. The molecular formula is C23H28F2N8O2. The van der Waals surface area contributed by atoms with Gasteiger partial charge in [-0.15, -0.1) is 0 Å². The van der Waals surface area contributed by atoms with E-state index in [9.17, 15) is 13.6 Å². The van der Waals surface area contributed by atoms with Crippen molar-refractivity contribution in [2.75, 3.05) is 74.6 Å². The molecule has 0 aliphatic carbocycles. The fraction of sp³-hybridized carbons (Fsp3) is 0.478. The van der Waals surface area contributed by atoms with Crippen LogP contribution in [0.3, 0.4) is 0 Å². The molecule has 4 heterocycles. The summed E-state index contributed by atoms with van der Waals surface area (Å²) in [6.45, 7) is 7.14. The quantitative estimate of drug-likeness (QED) is 0.523. The molecule has 0 radical (unpaired) electrons. The van der Waals surface area contributed by atoms with Gasteiger partial charge in [0, 0.05) is 45.3 Å². The normalized spacial score (nSPS) is 17.5. The Kier molecular flexibility index (Phi) is 6.48. The zero-order valence-electron chi connectivity index (χ0n) is 19.5. The summed E-state index contributed by atoms with van der Waals surface area (Å²) in [6, 6.07) is 6.92. The number of benzene rings is 1. The molecule has 0 spiro atoms. The summed E-state index contributed by atoms with van der Waals surface area (Å²) in [4.78, 5) is 31.3. The maximum atomic E-state index is 14.1. The highest BCUT2D eigenvalue weighted by Gasteiger charge is 2.26. The molecular weight excluding hydrogens is 458 g/mol. The van der Waals surface area contributed by atoms with Gasteiger partial charge in [-0.25, -0.2) is 13.8 Å². The minimum atomic E-state index is -2.84. The monoisotopic (exact) mass is 486 g/mol. The van der Waals surface area contributed by atoms with E-state index in [0.29, 0.717) is 87.4 Å². The number of rotatable bonds is 6. The summed E-state index contributed by atoms with van der Waals surface area (Å²) in [5.74, 6) is 1.09. The molecule has 5 rings (SSSR count). The molecule has 10 nitrogen and oxygen atoms in total. The van der Waals surface area contributed by atoms with Gasteiger partial charge in [0.25, 0.3) is 6.43 Å². The van der Waals surface area contributed by atoms with Crippen LogP contribution in [-0.2, 0) is 9.53 Å². The predicted molar refractivity (Wildman–Crippen MR) is 128 cm³/mol. The smallest absolute Gasteiger partial charge is 0.296 e. The Hall–Kier alpha value is -3.38. The number of nitrogen functional groups attached to an aromatic ring is 1. The number of piperazine rings is 1. The topological polar surface area (TPSA) is 106 Å². The molecule has 0 saturated carbocycles. The zero-order chi connectivity index (χ0) is 24.5. The number of fused-ring (bicyclic) bond motifs is 1. The number of nitrogens with two attached hydrogens (primary N) is 1. The van der Waals surface area contributed by atoms with E-state index >= 15 is 0 Å². The number of ketones is 1. The van der Waals surface area contributed by atoms with E-state index < -0.39 is 12.2 Å². The van der Waals surface area contributed by atoms with Crippen molar-refractivity contribution in [2.45, 2.75) is 13.3 Å². The van der Waals surface area contributed by atoms with Crippen LogP contribution in [0.25, 0.3) is 17.0 Å². The van der Waals surface area contributed by atoms with Crippen molar-refractivity contribution >= 4 is 34.1 Å². The fourth-order valence-corrected chi connectivity index (χ4v) is 4.57. The minimum Gasteiger partial charge on any atom is -0.397 e. The highest BCUT2D eigenvalue weighted by Crippen LogP contribution is 2.31. The summed E-state index contributed by atoms with van der Waals surface area (Å²) in [5.41, 5.74) is 7.07. The Bertz CT molecular complexity index is 1220. The van der Waals surface area contributed by atoms with Crippen molar-refractivity contribution < 1.29 is 18.3 Å². The summed E-state index contributed by atoms with van der Waals surface area (Å²) in [7, 11) is 0.